The summed E-state index contributed by atoms with van der Waals surface area (Å²) in [5, 5.41) is 8.04. The van der Waals surface area contributed by atoms with Gasteiger partial charge in [0.2, 0.25) is 5.91 Å². The van der Waals surface area contributed by atoms with Crippen molar-refractivity contribution in [1.82, 2.24) is 4.57 Å². The Labute approximate surface area is 178 Å². The van der Waals surface area contributed by atoms with Crippen molar-refractivity contribution in [2.24, 2.45) is 0 Å². The maximum atomic E-state index is 12.9. The summed E-state index contributed by atoms with van der Waals surface area (Å²) in [5.74, 6) is -0.239. The second kappa shape index (κ2) is 7.22. The van der Waals surface area contributed by atoms with Crippen LogP contribution >= 0.6 is 11.8 Å². The highest BCUT2D eigenvalue weighted by Crippen LogP contribution is 2.36. The fourth-order valence-electron chi connectivity index (χ4n) is 4.03. The lowest BCUT2D eigenvalue weighted by molar-refractivity contribution is -0.115. The molecule has 3 aromatic carbocycles. The molecule has 0 aliphatic carbocycles. The molecule has 1 aliphatic heterocycles. The second-order valence-corrected chi connectivity index (χ2v) is 8.79. The highest BCUT2D eigenvalue weighted by atomic mass is 32.2. The van der Waals surface area contributed by atoms with E-state index in [-0.39, 0.29) is 17.1 Å². The lowest BCUT2D eigenvalue weighted by atomic mass is 10.1. The van der Waals surface area contributed by atoms with Gasteiger partial charge in [-0.1, -0.05) is 18.2 Å². The average molecular weight is 416 g/mol. The van der Waals surface area contributed by atoms with Crippen molar-refractivity contribution < 1.29 is 9.59 Å². The first-order valence-corrected chi connectivity index (χ1v) is 10.9. The molecule has 1 atom stereocenters. The van der Waals surface area contributed by atoms with Crippen molar-refractivity contribution in [1.29, 1.82) is 0 Å². The molecule has 2 heterocycles. The molecule has 1 unspecified atom stereocenters. The van der Waals surface area contributed by atoms with Gasteiger partial charge < -0.3 is 15.2 Å². The average Bonchev–Trinajstić information content (AvgIpc) is 3.07. The number of carbonyl (C=O) groups excluding carboxylic acids is 2. The van der Waals surface area contributed by atoms with Gasteiger partial charge in [0.05, 0.1) is 10.9 Å². The molecule has 5 nitrogen and oxygen atoms in total. The molecule has 6 heteroatoms. The molecule has 2 N–H and O–H groups in total. The summed E-state index contributed by atoms with van der Waals surface area (Å²) in [6.45, 7) is 4.89. The van der Waals surface area contributed by atoms with Crippen LogP contribution < -0.4 is 10.6 Å². The number of carbonyl (C=O) groups is 2. The van der Waals surface area contributed by atoms with E-state index in [4.69, 9.17) is 0 Å². The van der Waals surface area contributed by atoms with Crippen LogP contribution in [0.3, 0.4) is 0 Å². The molecule has 0 bridgehead atoms. The molecule has 4 aromatic rings. The summed E-state index contributed by atoms with van der Waals surface area (Å²) in [6.07, 6.45) is 0. The Bertz CT molecular complexity index is 1330. The zero-order valence-electron chi connectivity index (χ0n) is 16.7. The first-order valence-electron chi connectivity index (χ1n) is 9.99. The summed E-state index contributed by atoms with van der Waals surface area (Å²) in [7, 11) is 0. The zero-order valence-corrected chi connectivity index (χ0v) is 17.5. The monoisotopic (exact) mass is 415 g/mol. The maximum absolute atomic E-state index is 12.9. The molecule has 5 rings (SSSR count). The zero-order chi connectivity index (χ0) is 20.8. The van der Waals surface area contributed by atoms with E-state index in [1.807, 2.05) is 37.3 Å². The Balaban J connectivity index is 1.47. The second-order valence-electron chi connectivity index (χ2n) is 7.41. The van der Waals surface area contributed by atoms with Gasteiger partial charge >= 0.3 is 0 Å². The first kappa shape index (κ1) is 18.8. The van der Waals surface area contributed by atoms with Crippen LogP contribution in [0.4, 0.5) is 11.4 Å². The first-order chi connectivity index (χ1) is 14.5. The van der Waals surface area contributed by atoms with Gasteiger partial charge in [0, 0.05) is 44.5 Å². The van der Waals surface area contributed by atoms with Crippen molar-refractivity contribution in [3.63, 3.8) is 0 Å². The Hall–Kier alpha value is -3.25. The molecule has 2 amide bonds. The van der Waals surface area contributed by atoms with E-state index in [0.29, 0.717) is 11.3 Å². The van der Waals surface area contributed by atoms with Crippen molar-refractivity contribution in [2.75, 3.05) is 10.6 Å². The predicted molar refractivity (Wildman–Crippen MR) is 123 cm³/mol. The van der Waals surface area contributed by atoms with Crippen LogP contribution in [0, 0.1) is 0 Å². The van der Waals surface area contributed by atoms with E-state index in [2.05, 4.69) is 40.3 Å². The van der Waals surface area contributed by atoms with Gasteiger partial charge in [-0.2, -0.15) is 0 Å². The third-order valence-electron chi connectivity index (χ3n) is 5.52. The number of anilines is 2. The van der Waals surface area contributed by atoms with Crippen LogP contribution in [0.25, 0.3) is 21.8 Å². The number of hydrogen-bond donors (Lipinski definition) is 2. The maximum Gasteiger partial charge on any atom is 0.255 e. The number of amides is 2. The summed E-state index contributed by atoms with van der Waals surface area (Å²) >= 11 is 1.51. The summed E-state index contributed by atoms with van der Waals surface area (Å²) < 4.78 is 2.28. The van der Waals surface area contributed by atoms with Crippen molar-refractivity contribution >= 4 is 56.8 Å². The Morgan fingerprint density at radius 3 is 2.70 bits per heavy atom. The van der Waals surface area contributed by atoms with Crippen LogP contribution in [0.2, 0.25) is 0 Å². The molecule has 0 saturated carbocycles. The van der Waals surface area contributed by atoms with Gasteiger partial charge in [0.1, 0.15) is 0 Å². The molecular formula is C24H21N3O2S. The standard InChI is InChI=1S/C24H21N3O2S/c1-3-27-20-7-5-4-6-17(20)18-13-16(9-10-21(18)27)25-24(29)15-8-11-22-19(12-15)26-23(28)14(2)30-22/h4-14H,3H2,1-2H3,(H,25,29)(H,26,28). The van der Waals surface area contributed by atoms with Crippen molar-refractivity contribution in [2.45, 2.75) is 30.5 Å². The molecule has 0 radical (unpaired) electrons. The molecular weight excluding hydrogens is 394 g/mol. The number of nitrogens with zero attached hydrogens (tertiary/aromatic N) is 1. The van der Waals surface area contributed by atoms with E-state index in [1.165, 1.54) is 22.7 Å². The van der Waals surface area contributed by atoms with Crippen molar-refractivity contribution in [3.8, 4) is 0 Å². The van der Waals surface area contributed by atoms with Gasteiger partial charge in [-0.15, -0.1) is 11.8 Å². The van der Waals surface area contributed by atoms with Gasteiger partial charge in [0.15, 0.2) is 0 Å². The number of aryl methyl sites for hydroxylation is 1. The number of hydrogen-bond acceptors (Lipinski definition) is 3. The number of rotatable bonds is 3. The van der Waals surface area contributed by atoms with Crippen LogP contribution in [-0.2, 0) is 11.3 Å². The quantitative estimate of drug-likeness (QED) is 0.464. The van der Waals surface area contributed by atoms with Crippen LogP contribution in [0.1, 0.15) is 24.2 Å². The summed E-state index contributed by atoms with van der Waals surface area (Å²) in [5.41, 5.74) is 4.30. The third-order valence-corrected chi connectivity index (χ3v) is 6.70. The number of benzene rings is 3. The highest BCUT2D eigenvalue weighted by Gasteiger charge is 2.23. The number of fused-ring (bicyclic) bond motifs is 4. The molecule has 30 heavy (non-hydrogen) atoms. The fraction of sp³-hybridized carbons (Fsp3) is 0.167. The predicted octanol–water partition coefficient (Wildman–Crippen LogP) is 5.50. The topological polar surface area (TPSA) is 63.1 Å². The molecule has 0 saturated heterocycles. The molecule has 1 aliphatic rings. The lowest BCUT2D eigenvalue weighted by Gasteiger charge is -2.21. The molecule has 1 aromatic heterocycles. The van der Waals surface area contributed by atoms with E-state index in [1.54, 1.807) is 12.1 Å². The van der Waals surface area contributed by atoms with Gasteiger partial charge in [0.25, 0.3) is 5.91 Å². The fourth-order valence-corrected chi connectivity index (χ4v) is 4.96. The lowest BCUT2D eigenvalue weighted by Crippen LogP contribution is -2.26. The minimum atomic E-state index is -0.200. The highest BCUT2D eigenvalue weighted by molar-refractivity contribution is 8.00. The van der Waals surface area contributed by atoms with Crippen LogP contribution in [0.5, 0.6) is 0 Å². The van der Waals surface area contributed by atoms with E-state index >= 15 is 0 Å². The Kier molecular flexibility index (Phi) is 4.51. The summed E-state index contributed by atoms with van der Waals surface area (Å²) in [6, 6.07) is 19.8. The number of para-hydroxylation sites is 1. The van der Waals surface area contributed by atoms with Gasteiger partial charge in [-0.05, 0) is 56.3 Å². The normalized spacial score (nSPS) is 15.8. The SMILES string of the molecule is CCn1c2ccccc2c2cc(NC(=O)c3ccc4c(c3)NC(=O)C(C)S4)ccc21. The van der Waals surface area contributed by atoms with Crippen molar-refractivity contribution in [3.05, 3.63) is 66.2 Å². The number of thioether (sulfide) groups is 1. The van der Waals surface area contributed by atoms with E-state index in [9.17, 15) is 9.59 Å². The molecule has 150 valence electrons. The van der Waals surface area contributed by atoms with Crippen LogP contribution in [0.15, 0.2) is 65.6 Å². The Morgan fingerprint density at radius 2 is 1.87 bits per heavy atom. The molecule has 0 fully saturated rings. The number of nitrogens with one attached hydrogen (secondary N) is 2. The molecule has 0 spiro atoms. The smallest absolute Gasteiger partial charge is 0.255 e. The van der Waals surface area contributed by atoms with Gasteiger partial charge in [-0.3, -0.25) is 9.59 Å². The minimum Gasteiger partial charge on any atom is -0.341 e. The largest absolute Gasteiger partial charge is 0.341 e. The minimum absolute atomic E-state index is 0.0391. The van der Waals surface area contributed by atoms with E-state index < -0.39 is 0 Å². The Morgan fingerprint density at radius 1 is 1.07 bits per heavy atom. The van der Waals surface area contributed by atoms with Crippen LogP contribution in [-0.4, -0.2) is 21.6 Å². The van der Waals surface area contributed by atoms with E-state index in [0.717, 1.165) is 28.0 Å². The number of aromatic nitrogens is 1. The van der Waals surface area contributed by atoms with Gasteiger partial charge in [-0.25, -0.2) is 0 Å². The third kappa shape index (κ3) is 3.04. The summed E-state index contributed by atoms with van der Waals surface area (Å²) in [4.78, 5) is 25.8.